The number of hydrogen-bond acceptors (Lipinski definition) is 1. The summed E-state index contributed by atoms with van der Waals surface area (Å²) in [6, 6.07) is 4.33. The smallest absolute Gasteiger partial charge is 0.387 e. The summed E-state index contributed by atoms with van der Waals surface area (Å²) >= 11 is 0. The Morgan fingerprint density at radius 2 is 1.52 bits per heavy atom. The first kappa shape index (κ1) is 22.1. The number of benzene rings is 1. The molecule has 1 aromatic carbocycles. The predicted octanol–water partition coefficient (Wildman–Crippen LogP) is 7.72. The van der Waals surface area contributed by atoms with E-state index in [0.717, 1.165) is 56.9 Å². The highest BCUT2D eigenvalue weighted by Gasteiger charge is 2.31. The van der Waals surface area contributed by atoms with Crippen molar-refractivity contribution in [3.63, 3.8) is 0 Å². The van der Waals surface area contributed by atoms with Gasteiger partial charge in [0.2, 0.25) is 6.43 Å². The van der Waals surface area contributed by atoms with Crippen LogP contribution in [-0.4, -0.2) is 13.0 Å². The maximum Gasteiger partial charge on any atom is 0.387 e. The topological polar surface area (TPSA) is 9.23 Å². The van der Waals surface area contributed by atoms with E-state index < -0.39 is 24.6 Å². The zero-order valence-electron chi connectivity index (χ0n) is 16.5. The molecule has 0 atom stereocenters. The van der Waals surface area contributed by atoms with Gasteiger partial charge >= 0.3 is 6.61 Å². The van der Waals surface area contributed by atoms with E-state index in [2.05, 4.69) is 4.74 Å². The van der Waals surface area contributed by atoms with Crippen molar-refractivity contribution in [2.45, 2.75) is 76.7 Å². The van der Waals surface area contributed by atoms with Gasteiger partial charge in [-0.15, -0.1) is 0 Å². The Morgan fingerprint density at radius 3 is 2.07 bits per heavy atom. The van der Waals surface area contributed by atoms with Crippen molar-refractivity contribution >= 4 is 0 Å². The van der Waals surface area contributed by atoms with E-state index in [4.69, 9.17) is 0 Å². The third kappa shape index (κ3) is 6.45. The van der Waals surface area contributed by atoms with Crippen molar-refractivity contribution in [3.05, 3.63) is 41.7 Å². The second-order valence-corrected chi connectivity index (χ2v) is 8.41. The van der Waals surface area contributed by atoms with Gasteiger partial charge in [0.25, 0.3) is 0 Å². The van der Waals surface area contributed by atoms with Crippen LogP contribution in [-0.2, 0) is 0 Å². The maximum absolute atomic E-state index is 14.0. The molecule has 0 aromatic heterocycles. The minimum absolute atomic E-state index is 0.153. The van der Waals surface area contributed by atoms with Crippen molar-refractivity contribution in [2.75, 3.05) is 0 Å². The molecular weight excluding hydrogens is 387 g/mol. The third-order valence-corrected chi connectivity index (χ3v) is 6.62. The summed E-state index contributed by atoms with van der Waals surface area (Å²) in [6.45, 7) is -3.03. The summed E-state index contributed by atoms with van der Waals surface area (Å²) in [5, 5.41) is 0. The summed E-state index contributed by atoms with van der Waals surface area (Å²) in [7, 11) is 0. The molecule has 2 aliphatic carbocycles. The minimum atomic E-state index is -3.03. The molecule has 0 radical (unpaired) electrons. The van der Waals surface area contributed by atoms with Gasteiger partial charge in [-0.25, -0.2) is 13.2 Å². The molecule has 3 rings (SSSR count). The number of alkyl halides is 4. The highest BCUT2D eigenvalue weighted by Crippen LogP contribution is 2.44. The molecule has 2 aliphatic rings. The summed E-state index contributed by atoms with van der Waals surface area (Å²) in [4.78, 5) is 0. The van der Waals surface area contributed by atoms with Crippen LogP contribution in [0, 0.1) is 23.6 Å². The Balaban J connectivity index is 1.45. The molecule has 0 aliphatic heterocycles. The van der Waals surface area contributed by atoms with Gasteiger partial charge in [-0.3, -0.25) is 0 Å². The second-order valence-electron chi connectivity index (χ2n) is 8.41. The molecule has 0 amide bonds. The van der Waals surface area contributed by atoms with Crippen LogP contribution < -0.4 is 4.74 Å². The summed E-state index contributed by atoms with van der Waals surface area (Å²) in [6.07, 6.45) is 9.76. The van der Waals surface area contributed by atoms with E-state index in [9.17, 15) is 22.0 Å². The molecule has 1 nitrogen and oxygen atoms in total. The van der Waals surface area contributed by atoms with Crippen LogP contribution >= 0.6 is 0 Å². The lowest BCUT2D eigenvalue weighted by Crippen LogP contribution is -2.25. The van der Waals surface area contributed by atoms with Crippen LogP contribution in [0.15, 0.2) is 30.4 Å². The molecule has 1 aromatic rings. The van der Waals surface area contributed by atoms with Gasteiger partial charge in [0.05, 0.1) is 0 Å². The number of halogens is 5. The zero-order chi connectivity index (χ0) is 20.8. The molecule has 0 bridgehead atoms. The van der Waals surface area contributed by atoms with Gasteiger partial charge in [-0.2, -0.15) is 8.78 Å². The largest absolute Gasteiger partial charge is 0.432 e. The lowest BCUT2D eigenvalue weighted by molar-refractivity contribution is -0.0522. The lowest BCUT2D eigenvalue weighted by Gasteiger charge is -2.37. The Bertz CT molecular complexity index is 659. The zero-order valence-corrected chi connectivity index (χ0v) is 16.5. The molecule has 29 heavy (non-hydrogen) atoms. The van der Waals surface area contributed by atoms with Crippen LogP contribution in [0.25, 0.3) is 0 Å². The van der Waals surface area contributed by atoms with Crippen LogP contribution in [0.5, 0.6) is 5.75 Å². The number of ether oxygens (including phenoxy) is 1. The molecule has 2 fully saturated rings. The van der Waals surface area contributed by atoms with Crippen LogP contribution in [0.1, 0.15) is 69.3 Å². The highest BCUT2D eigenvalue weighted by atomic mass is 19.3. The Hall–Kier alpha value is -1.59. The van der Waals surface area contributed by atoms with E-state index in [0.29, 0.717) is 17.8 Å². The van der Waals surface area contributed by atoms with Gasteiger partial charge in [0.1, 0.15) is 0 Å². The van der Waals surface area contributed by atoms with E-state index in [1.807, 2.05) is 6.08 Å². The fourth-order valence-corrected chi connectivity index (χ4v) is 5.07. The van der Waals surface area contributed by atoms with E-state index in [1.54, 1.807) is 12.1 Å². The molecule has 0 unspecified atom stereocenters. The second kappa shape index (κ2) is 10.4. The van der Waals surface area contributed by atoms with Crippen LogP contribution in [0.4, 0.5) is 22.0 Å². The number of allylic oxidation sites excluding steroid dienone is 2. The molecule has 2 saturated carbocycles. The first-order chi connectivity index (χ1) is 13.9. The van der Waals surface area contributed by atoms with Crippen molar-refractivity contribution in [2.24, 2.45) is 17.8 Å². The van der Waals surface area contributed by atoms with Crippen LogP contribution in [0.2, 0.25) is 0 Å². The first-order valence-electron chi connectivity index (χ1n) is 10.6. The molecule has 0 N–H and O–H groups in total. The summed E-state index contributed by atoms with van der Waals surface area (Å²) < 4.78 is 67.2. The average Bonchev–Trinajstić information content (AvgIpc) is 2.70. The van der Waals surface area contributed by atoms with Gasteiger partial charge in [-0.05, 0) is 92.7 Å². The van der Waals surface area contributed by atoms with E-state index in [1.165, 1.54) is 12.1 Å². The fraction of sp³-hybridized carbons (Fsp3) is 0.652. The fourth-order valence-electron chi connectivity index (χ4n) is 5.07. The monoisotopic (exact) mass is 416 g/mol. The van der Waals surface area contributed by atoms with Crippen LogP contribution in [0.3, 0.4) is 0 Å². The quantitative estimate of drug-likeness (QED) is 0.327. The normalized spacial score (nSPS) is 28.4. The SMILES string of the molecule is Fc1cc(C2CCC(C3CCC(/C=C/CC(F)F)CC3)CC2)ccc1OC(F)F. The van der Waals surface area contributed by atoms with Gasteiger partial charge in [-0.1, -0.05) is 18.2 Å². The molecule has 0 heterocycles. The molecule has 6 heteroatoms. The Labute approximate surface area is 169 Å². The lowest BCUT2D eigenvalue weighted by atomic mass is 9.68. The molecule has 0 saturated heterocycles. The van der Waals surface area contributed by atoms with Crippen molar-refractivity contribution in [1.82, 2.24) is 0 Å². The van der Waals surface area contributed by atoms with Crippen molar-refractivity contribution in [3.8, 4) is 5.75 Å². The Morgan fingerprint density at radius 1 is 0.897 bits per heavy atom. The number of rotatable bonds is 7. The van der Waals surface area contributed by atoms with Gasteiger partial charge < -0.3 is 4.74 Å². The van der Waals surface area contributed by atoms with E-state index in [-0.39, 0.29) is 12.3 Å². The summed E-state index contributed by atoms with van der Waals surface area (Å²) in [5.74, 6) is 0.908. The standard InChI is InChI=1S/C23H29F5O/c24-20-14-19(12-13-21(20)29-23(27)28)18-10-8-17(9-11-18)16-6-4-15(5-7-16)2-1-3-22(25)26/h1-2,12-18,22-23H,3-11H2/b2-1+. The Kier molecular flexibility index (Phi) is 7.96. The highest BCUT2D eigenvalue weighted by molar-refractivity contribution is 5.31. The number of hydrogen-bond donors (Lipinski definition) is 0. The summed E-state index contributed by atoms with van der Waals surface area (Å²) in [5.41, 5.74) is 0.857. The minimum Gasteiger partial charge on any atom is -0.432 e. The van der Waals surface area contributed by atoms with Crippen molar-refractivity contribution < 1.29 is 26.7 Å². The first-order valence-corrected chi connectivity index (χ1v) is 10.6. The molecule has 0 spiro atoms. The molecule has 162 valence electrons. The predicted molar refractivity (Wildman–Crippen MR) is 103 cm³/mol. The van der Waals surface area contributed by atoms with Gasteiger partial charge in [0.15, 0.2) is 11.6 Å². The average molecular weight is 416 g/mol. The van der Waals surface area contributed by atoms with Gasteiger partial charge in [0, 0.05) is 6.42 Å². The molecular formula is C23H29F5O. The third-order valence-electron chi connectivity index (χ3n) is 6.62. The van der Waals surface area contributed by atoms with Crippen molar-refractivity contribution in [1.29, 1.82) is 0 Å². The maximum atomic E-state index is 14.0. The van der Waals surface area contributed by atoms with E-state index >= 15 is 0 Å².